The number of aryl methyl sites for hydroxylation is 1. The van der Waals surface area contributed by atoms with Gasteiger partial charge in [0.05, 0.1) is 0 Å². The number of hydrogen-bond donors (Lipinski definition) is 2. The third-order valence-corrected chi connectivity index (χ3v) is 2.81. The zero-order valence-corrected chi connectivity index (χ0v) is 10.6. The van der Waals surface area contributed by atoms with E-state index in [9.17, 15) is 4.79 Å². The molecule has 0 aliphatic rings. The number of anilines is 1. The first-order valence-corrected chi connectivity index (χ1v) is 5.87. The van der Waals surface area contributed by atoms with Crippen molar-refractivity contribution in [2.75, 3.05) is 12.4 Å². The predicted molar refractivity (Wildman–Crippen MR) is 72.6 cm³/mol. The summed E-state index contributed by atoms with van der Waals surface area (Å²) in [4.78, 5) is 12.1. The van der Waals surface area contributed by atoms with E-state index in [-0.39, 0.29) is 5.91 Å². The summed E-state index contributed by atoms with van der Waals surface area (Å²) >= 11 is 0. The van der Waals surface area contributed by atoms with Gasteiger partial charge < -0.3 is 15.2 Å². The average molecular weight is 243 g/mol. The van der Waals surface area contributed by atoms with E-state index < -0.39 is 0 Å². The molecule has 1 heterocycles. The van der Waals surface area contributed by atoms with E-state index in [1.54, 1.807) is 10.6 Å². The molecule has 1 amide bonds. The van der Waals surface area contributed by atoms with Gasteiger partial charge in [0, 0.05) is 25.5 Å². The fourth-order valence-corrected chi connectivity index (χ4v) is 1.87. The number of rotatable bonds is 4. The second-order valence-corrected chi connectivity index (χ2v) is 4.15. The molecule has 0 spiro atoms. The fraction of sp³-hybridized carbons (Fsp3) is 0.214. The molecule has 18 heavy (non-hydrogen) atoms. The highest BCUT2D eigenvalue weighted by molar-refractivity contribution is 6.03. The zero-order chi connectivity index (χ0) is 13.0. The molecular weight excluding hydrogens is 226 g/mol. The van der Waals surface area contributed by atoms with E-state index in [1.165, 1.54) is 0 Å². The minimum Gasteiger partial charge on any atom is -0.347 e. The van der Waals surface area contributed by atoms with Gasteiger partial charge in [-0.3, -0.25) is 4.79 Å². The summed E-state index contributed by atoms with van der Waals surface area (Å²) in [5.41, 5.74) is 2.56. The Balaban J connectivity index is 2.19. The van der Waals surface area contributed by atoms with Crippen molar-refractivity contribution in [3.8, 4) is 0 Å². The number of para-hydroxylation sites is 1. The van der Waals surface area contributed by atoms with Crippen molar-refractivity contribution in [2.45, 2.75) is 6.54 Å². The molecule has 4 heteroatoms. The lowest BCUT2D eigenvalue weighted by molar-refractivity contribution is 0.101. The van der Waals surface area contributed by atoms with Crippen LogP contribution in [0.15, 0.2) is 42.6 Å². The molecule has 0 atom stereocenters. The average Bonchev–Trinajstić information content (AvgIpc) is 2.78. The van der Waals surface area contributed by atoms with E-state index in [2.05, 4.69) is 10.6 Å². The van der Waals surface area contributed by atoms with Crippen LogP contribution in [0.25, 0.3) is 0 Å². The summed E-state index contributed by atoms with van der Waals surface area (Å²) in [7, 11) is 3.74. The maximum atomic E-state index is 12.1. The number of carbonyl (C=O) groups excluding carboxylic acids is 1. The number of benzene rings is 1. The molecule has 0 bridgehead atoms. The highest BCUT2D eigenvalue weighted by atomic mass is 16.1. The lowest BCUT2D eigenvalue weighted by Crippen LogP contribution is -2.17. The molecule has 2 N–H and O–H groups in total. The van der Waals surface area contributed by atoms with Crippen molar-refractivity contribution in [1.82, 2.24) is 9.88 Å². The quantitative estimate of drug-likeness (QED) is 0.862. The van der Waals surface area contributed by atoms with Crippen LogP contribution in [0.2, 0.25) is 0 Å². The molecule has 0 fully saturated rings. The van der Waals surface area contributed by atoms with Gasteiger partial charge in [0.1, 0.15) is 5.69 Å². The lowest BCUT2D eigenvalue weighted by Gasteiger charge is -2.11. The summed E-state index contributed by atoms with van der Waals surface area (Å²) in [6.45, 7) is 0.726. The van der Waals surface area contributed by atoms with Crippen molar-refractivity contribution >= 4 is 11.6 Å². The highest BCUT2D eigenvalue weighted by Crippen LogP contribution is 2.16. The normalized spacial score (nSPS) is 10.3. The molecule has 1 aromatic heterocycles. The van der Waals surface area contributed by atoms with Gasteiger partial charge in [-0.1, -0.05) is 18.2 Å². The Morgan fingerprint density at radius 3 is 2.67 bits per heavy atom. The summed E-state index contributed by atoms with van der Waals surface area (Å²) in [5, 5.41) is 6.03. The molecule has 0 saturated heterocycles. The third kappa shape index (κ3) is 2.60. The molecule has 1 aromatic carbocycles. The molecule has 0 unspecified atom stereocenters. The molecule has 2 aromatic rings. The lowest BCUT2D eigenvalue weighted by atomic mass is 10.1. The second-order valence-electron chi connectivity index (χ2n) is 4.15. The smallest absolute Gasteiger partial charge is 0.272 e. The highest BCUT2D eigenvalue weighted by Gasteiger charge is 2.10. The Kier molecular flexibility index (Phi) is 3.79. The van der Waals surface area contributed by atoms with Crippen molar-refractivity contribution < 1.29 is 4.79 Å². The number of nitrogens with one attached hydrogen (secondary N) is 2. The van der Waals surface area contributed by atoms with Gasteiger partial charge >= 0.3 is 0 Å². The summed E-state index contributed by atoms with van der Waals surface area (Å²) in [6, 6.07) is 11.4. The van der Waals surface area contributed by atoms with Crippen LogP contribution in [0.3, 0.4) is 0 Å². The van der Waals surface area contributed by atoms with Crippen LogP contribution in [-0.4, -0.2) is 17.5 Å². The molecular formula is C14H17N3O. The maximum absolute atomic E-state index is 12.1. The standard InChI is InChI=1S/C14H17N3O/c1-15-10-11-6-3-4-7-12(11)16-14(18)13-8-5-9-17(13)2/h3-9,15H,10H2,1-2H3,(H,16,18). The van der Waals surface area contributed by atoms with Crippen LogP contribution in [0.4, 0.5) is 5.69 Å². The largest absolute Gasteiger partial charge is 0.347 e. The molecule has 2 rings (SSSR count). The first-order valence-electron chi connectivity index (χ1n) is 5.87. The van der Waals surface area contributed by atoms with Crippen molar-refractivity contribution in [3.63, 3.8) is 0 Å². The Morgan fingerprint density at radius 1 is 1.22 bits per heavy atom. The van der Waals surface area contributed by atoms with Crippen LogP contribution in [0.1, 0.15) is 16.1 Å². The second kappa shape index (κ2) is 5.51. The van der Waals surface area contributed by atoms with Crippen LogP contribution in [-0.2, 0) is 13.6 Å². The third-order valence-electron chi connectivity index (χ3n) is 2.81. The number of aromatic nitrogens is 1. The number of carbonyl (C=O) groups is 1. The summed E-state index contributed by atoms with van der Waals surface area (Å²) in [5.74, 6) is -0.0916. The van der Waals surface area contributed by atoms with Crippen LogP contribution >= 0.6 is 0 Å². The SMILES string of the molecule is CNCc1ccccc1NC(=O)c1cccn1C. The van der Waals surface area contributed by atoms with Gasteiger partial charge in [0.15, 0.2) is 0 Å². The first kappa shape index (κ1) is 12.4. The minimum atomic E-state index is -0.0916. The topological polar surface area (TPSA) is 46.1 Å². The van der Waals surface area contributed by atoms with E-state index in [0.29, 0.717) is 5.69 Å². The van der Waals surface area contributed by atoms with E-state index >= 15 is 0 Å². The van der Waals surface area contributed by atoms with Gasteiger partial charge in [-0.25, -0.2) is 0 Å². The molecule has 0 saturated carbocycles. The monoisotopic (exact) mass is 243 g/mol. The predicted octanol–water partition coefficient (Wildman–Crippen LogP) is 2.00. The first-order chi connectivity index (χ1) is 8.72. The molecule has 0 aliphatic heterocycles. The van der Waals surface area contributed by atoms with Gasteiger partial charge in [-0.05, 0) is 30.8 Å². The van der Waals surface area contributed by atoms with Crippen LogP contribution in [0, 0.1) is 0 Å². The van der Waals surface area contributed by atoms with E-state index in [0.717, 1.165) is 17.8 Å². The van der Waals surface area contributed by atoms with Crippen LogP contribution in [0.5, 0.6) is 0 Å². The minimum absolute atomic E-state index is 0.0916. The van der Waals surface area contributed by atoms with E-state index in [4.69, 9.17) is 0 Å². The van der Waals surface area contributed by atoms with Gasteiger partial charge in [-0.15, -0.1) is 0 Å². The Morgan fingerprint density at radius 2 is 2.00 bits per heavy atom. The number of nitrogens with zero attached hydrogens (tertiary/aromatic N) is 1. The summed E-state index contributed by atoms with van der Waals surface area (Å²) < 4.78 is 1.80. The molecule has 4 nitrogen and oxygen atoms in total. The van der Waals surface area contributed by atoms with Gasteiger partial charge in [0.2, 0.25) is 0 Å². The van der Waals surface area contributed by atoms with Crippen molar-refractivity contribution in [3.05, 3.63) is 53.9 Å². The van der Waals surface area contributed by atoms with Crippen LogP contribution < -0.4 is 10.6 Å². The number of amides is 1. The molecule has 0 aliphatic carbocycles. The van der Waals surface area contributed by atoms with Crippen molar-refractivity contribution in [2.24, 2.45) is 7.05 Å². The Labute approximate surface area is 107 Å². The van der Waals surface area contributed by atoms with Gasteiger partial charge in [-0.2, -0.15) is 0 Å². The van der Waals surface area contributed by atoms with Crippen molar-refractivity contribution in [1.29, 1.82) is 0 Å². The Bertz CT molecular complexity index is 545. The fourth-order valence-electron chi connectivity index (χ4n) is 1.87. The molecule has 94 valence electrons. The Hall–Kier alpha value is -2.07. The zero-order valence-electron chi connectivity index (χ0n) is 10.6. The number of hydrogen-bond acceptors (Lipinski definition) is 2. The molecule has 0 radical (unpaired) electrons. The van der Waals surface area contributed by atoms with E-state index in [1.807, 2.05) is 50.6 Å². The maximum Gasteiger partial charge on any atom is 0.272 e. The summed E-state index contributed by atoms with van der Waals surface area (Å²) in [6.07, 6.45) is 1.86. The van der Waals surface area contributed by atoms with Gasteiger partial charge in [0.25, 0.3) is 5.91 Å².